The van der Waals surface area contributed by atoms with Crippen molar-refractivity contribution in [1.29, 1.82) is 0 Å². The molecule has 2 aromatic heterocycles. The number of nitrogens with zero attached hydrogens (tertiary/aromatic N) is 2. The second kappa shape index (κ2) is 6.11. The summed E-state index contributed by atoms with van der Waals surface area (Å²) in [7, 11) is 0. The summed E-state index contributed by atoms with van der Waals surface area (Å²) in [5.74, 6) is 0.139. The van der Waals surface area contributed by atoms with E-state index < -0.39 is 0 Å². The van der Waals surface area contributed by atoms with Gasteiger partial charge in [0.1, 0.15) is 0 Å². The first-order chi connectivity index (χ1) is 10.3. The van der Waals surface area contributed by atoms with Crippen molar-refractivity contribution in [3.8, 4) is 10.8 Å². The van der Waals surface area contributed by atoms with Gasteiger partial charge in [0.05, 0.1) is 10.4 Å². The van der Waals surface area contributed by atoms with E-state index in [2.05, 4.69) is 15.5 Å². The van der Waals surface area contributed by atoms with Gasteiger partial charge in [-0.25, -0.2) is 0 Å². The first-order valence-electron chi connectivity index (χ1n) is 6.09. The van der Waals surface area contributed by atoms with Crippen molar-refractivity contribution >= 4 is 35.0 Å². The Balaban J connectivity index is 1.79. The molecule has 0 aliphatic heterocycles. The maximum atomic E-state index is 12.2. The van der Waals surface area contributed by atoms with Crippen LogP contribution in [0.2, 0.25) is 0 Å². The summed E-state index contributed by atoms with van der Waals surface area (Å²) in [4.78, 5) is 14.0. The number of aromatic nitrogens is 2. The first kappa shape index (κ1) is 13.8. The molecule has 0 unspecified atom stereocenters. The van der Waals surface area contributed by atoms with Gasteiger partial charge in [-0.2, -0.15) is 0 Å². The molecule has 0 aliphatic rings. The molecule has 3 aromatic rings. The summed E-state index contributed by atoms with van der Waals surface area (Å²) in [6.07, 6.45) is 1.92. The van der Waals surface area contributed by atoms with Crippen molar-refractivity contribution < 1.29 is 9.21 Å². The molecule has 21 heavy (non-hydrogen) atoms. The molecule has 2 heterocycles. The average molecular weight is 317 g/mol. The van der Waals surface area contributed by atoms with Crippen molar-refractivity contribution in [1.82, 2.24) is 10.2 Å². The summed E-state index contributed by atoms with van der Waals surface area (Å²) >= 11 is 3.01. The van der Waals surface area contributed by atoms with Gasteiger partial charge in [-0.05, 0) is 29.8 Å². The van der Waals surface area contributed by atoms with Gasteiger partial charge in [0.2, 0.25) is 0 Å². The van der Waals surface area contributed by atoms with Crippen molar-refractivity contribution in [2.75, 3.05) is 11.6 Å². The number of thioether (sulfide) groups is 1. The number of thiophene rings is 1. The van der Waals surface area contributed by atoms with Gasteiger partial charge >= 0.3 is 6.01 Å². The molecular formula is C14H11N3O2S2. The van der Waals surface area contributed by atoms with Crippen LogP contribution in [0.1, 0.15) is 10.4 Å². The lowest BCUT2D eigenvalue weighted by Gasteiger charge is -2.05. The van der Waals surface area contributed by atoms with Gasteiger partial charge in [-0.15, -0.1) is 28.2 Å². The van der Waals surface area contributed by atoms with E-state index in [1.165, 1.54) is 23.1 Å². The molecule has 0 saturated carbocycles. The SMILES string of the molecule is CSc1ccccc1C(=O)Nc1nnc(-c2cccs2)o1. The van der Waals surface area contributed by atoms with Gasteiger partial charge in [0.15, 0.2) is 0 Å². The van der Waals surface area contributed by atoms with E-state index in [9.17, 15) is 4.79 Å². The maximum absolute atomic E-state index is 12.2. The molecule has 106 valence electrons. The van der Waals surface area contributed by atoms with E-state index in [1.807, 2.05) is 42.0 Å². The standard InChI is InChI=1S/C14H11N3O2S2/c1-20-10-6-3-2-5-9(10)12(18)15-14-17-16-13(19-14)11-7-4-8-21-11/h2-8H,1H3,(H,15,17,18). The Kier molecular flexibility index (Phi) is 4.03. The fraction of sp³-hybridized carbons (Fsp3) is 0.0714. The maximum Gasteiger partial charge on any atom is 0.322 e. The fourth-order valence-electron chi connectivity index (χ4n) is 1.77. The van der Waals surface area contributed by atoms with Gasteiger partial charge in [0.25, 0.3) is 11.8 Å². The van der Waals surface area contributed by atoms with Crippen molar-refractivity contribution in [2.24, 2.45) is 0 Å². The predicted molar refractivity (Wildman–Crippen MR) is 83.8 cm³/mol. The minimum Gasteiger partial charge on any atom is -0.402 e. The monoisotopic (exact) mass is 317 g/mol. The Hall–Kier alpha value is -2.12. The van der Waals surface area contributed by atoms with Crippen LogP contribution in [0.25, 0.3) is 10.8 Å². The highest BCUT2D eigenvalue weighted by atomic mass is 32.2. The van der Waals surface area contributed by atoms with E-state index in [-0.39, 0.29) is 11.9 Å². The van der Waals surface area contributed by atoms with Crippen LogP contribution in [0.15, 0.2) is 51.1 Å². The number of amides is 1. The van der Waals surface area contributed by atoms with Gasteiger partial charge in [-0.1, -0.05) is 23.3 Å². The second-order valence-electron chi connectivity index (χ2n) is 4.04. The topological polar surface area (TPSA) is 68.0 Å². The van der Waals surface area contributed by atoms with Crippen LogP contribution in [0.4, 0.5) is 6.01 Å². The first-order valence-corrected chi connectivity index (χ1v) is 8.20. The summed E-state index contributed by atoms with van der Waals surface area (Å²) in [6.45, 7) is 0. The van der Waals surface area contributed by atoms with Crippen LogP contribution in [-0.4, -0.2) is 22.4 Å². The predicted octanol–water partition coefficient (Wildman–Crippen LogP) is 3.77. The smallest absolute Gasteiger partial charge is 0.322 e. The number of carbonyl (C=O) groups is 1. The highest BCUT2D eigenvalue weighted by Crippen LogP contribution is 2.25. The number of hydrogen-bond donors (Lipinski definition) is 1. The van der Waals surface area contributed by atoms with E-state index in [0.717, 1.165) is 9.77 Å². The minimum atomic E-state index is -0.263. The molecule has 0 atom stereocenters. The van der Waals surface area contributed by atoms with E-state index in [4.69, 9.17) is 4.42 Å². The molecule has 1 aromatic carbocycles. The lowest BCUT2D eigenvalue weighted by molar-refractivity contribution is 0.102. The average Bonchev–Trinajstić information content (AvgIpc) is 3.17. The summed E-state index contributed by atoms with van der Waals surface area (Å²) < 4.78 is 5.44. The largest absolute Gasteiger partial charge is 0.402 e. The van der Waals surface area contributed by atoms with Crippen LogP contribution < -0.4 is 5.32 Å². The van der Waals surface area contributed by atoms with Crippen molar-refractivity contribution in [2.45, 2.75) is 4.90 Å². The second-order valence-corrected chi connectivity index (χ2v) is 5.84. The molecule has 0 spiro atoms. The molecule has 0 aliphatic carbocycles. The molecule has 0 fully saturated rings. The minimum absolute atomic E-state index is 0.0966. The molecular weight excluding hydrogens is 306 g/mol. The van der Waals surface area contributed by atoms with Crippen LogP contribution >= 0.6 is 23.1 Å². The summed E-state index contributed by atoms with van der Waals surface area (Å²) in [6, 6.07) is 11.2. The van der Waals surface area contributed by atoms with Crippen molar-refractivity contribution in [3.05, 3.63) is 47.3 Å². The molecule has 0 bridgehead atoms. The van der Waals surface area contributed by atoms with Crippen LogP contribution in [0.5, 0.6) is 0 Å². The number of benzene rings is 1. The number of nitrogens with one attached hydrogen (secondary N) is 1. The number of hydrogen-bond acceptors (Lipinski definition) is 6. The molecule has 1 N–H and O–H groups in total. The number of carbonyl (C=O) groups excluding carboxylic acids is 1. The Labute approximate surface area is 129 Å². The van der Waals surface area contributed by atoms with E-state index >= 15 is 0 Å². The third-order valence-corrected chi connectivity index (χ3v) is 4.38. The molecule has 7 heteroatoms. The summed E-state index contributed by atoms with van der Waals surface area (Å²) in [5.41, 5.74) is 0.584. The van der Waals surface area contributed by atoms with Crippen LogP contribution in [-0.2, 0) is 0 Å². The Bertz CT molecular complexity index is 753. The zero-order chi connectivity index (χ0) is 14.7. The quantitative estimate of drug-likeness (QED) is 0.742. The third kappa shape index (κ3) is 2.98. The van der Waals surface area contributed by atoms with Gasteiger partial charge < -0.3 is 4.42 Å². The van der Waals surface area contributed by atoms with Gasteiger partial charge in [0, 0.05) is 4.90 Å². The van der Waals surface area contributed by atoms with Crippen molar-refractivity contribution in [3.63, 3.8) is 0 Å². The number of anilines is 1. The molecule has 1 amide bonds. The fourth-order valence-corrected chi connectivity index (χ4v) is 3.01. The highest BCUT2D eigenvalue weighted by molar-refractivity contribution is 7.98. The third-order valence-electron chi connectivity index (χ3n) is 2.73. The van der Waals surface area contributed by atoms with E-state index in [0.29, 0.717) is 11.5 Å². The lowest BCUT2D eigenvalue weighted by atomic mass is 10.2. The van der Waals surface area contributed by atoms with Crippen LogP contribution in [0, 0.1) is 0 Å². The molecule has 3 rings (SSSR count). The molecule has 5 nitrogen and oxygen atoms in total. The Morgan fingerprint density at radius 3 is 2.86 bits per heavy atom. The molecule has 0 saturated heterocycles. The Morgan fingerprint density at radius 1 is 1.24 bits per heavy atom. The van der Waals surface area contributed by atoms with E-state index in [1.54, 1.807) is 6.07 Å². The lowest BCUT2D eigenvalue weighted by Crippen LogP contribution is -2.13. The van der Waals surface area contributed by atoms with Gasteiger partial charge in [-0.3, -0.25) is 10.1 Å². The normalized spacial score (nSPS) is 10.5. The highest BCUT2D eigenvalue weighted by Gasteiger charge is 2.15. The molecule has 0 radical (unpaired) electrons. The summed E-state index contributed by atoms with van der Waals surface area (Å²) in [5, 5.41) is 12.3. The number of rotatable bonds is 4. The zero-order valence-corrected chi connectivity index (χ0v) is 12.7. The van der Waals surface area contributed by atoms with Crippen LogP contribution in [0.3, 0.4) is 0 Å². The Morgan fingerprint density at radius 2 is 2.10 bits per heavy atom. The zero-order valence-electron chi connectivity index (χ0n) is 11.1.